The van der Waals surface area contributed by atoms with Gasteiger partial charge in [-0.3, -0.25) is 4.79 Å². The minimum atomic E-state index is -0.356. The van der Waals surface area contributed by atoms with E-state index in [-0.39, 0.29) is 18.1 Å². The lowest BCUT2D eigenvalue weighted by Gasteiger charge is -2.12. The Kier molecular flexibility index (Phi) is 4.64. The summed E-state index contributed by atoms with van der Waals surface area (Å²) >= 11 is 1.62. The largest absolute Gasteiger partial charge is 0.338 e. The highest BCUT2D eigenvalue weighted by Gasteiger charge is 2.25. The number of carbonyl (C=O) groups excluding carboxylic acids is 1. The number of fused-ring (bicyclic) bond motifs is 2. The summed E-state index contributed by atoms with van der Waals surface area (Å²) in [5.41, 5.74) is 4.55. The second kappa shape index (κ2) is 7.44. The maximum absolute atomic E-state index is 13.9. The molecule has 0 unspecified atom stereocenters. The summed E-state index contributed by atoms with van der Waals surface area (Å²) in [4.78, 5) is 22.2. The highest BCUT2D eigenvalue weighted by Crippen LogP contribution is 2.43. The molecular weight excluding hydrogens is 385 g/mol. The molecule has 6 heteroatoms. The van der Waals surface area contributed by atoms with E-state index >= 15 is 0 Å². The summed E-state index contributed by atoms with van der Waals surface area (Å²) in [6.07, 6.45) is 4.32. The number of para-hydroxylation sites is 2. The Hall–Kier alpha value is -2.99. The standard InChI is InChI=1S/C23H20FN3OS/c24-16-9-3-1-7-14(16)13-20(28)27-23-21(15-8-2-6-12-19(15)29-23)22-25-17-10-4-5-11-18(17)26-22/h1,3-5,7,9-11H,2,6,8,12-13H2,(H,25,26)(H,27,28). The van der Waals surface area contributed by atoms with Crippen LogP contribution in [0.15, 0.2) is 48.5 Å². The number of carbonyl (C=O) groups is 1. The molecule has 0 aliphatic heterocycles. The Morgan fingerprint density at radius 1 is 1.10 bits per heavy atom. The lowest BCUT2D eigenvalue weighted by molar-refractivity contribution is -0.115. The van der Waals surface area contributed by atoms with Crippen LogP contribution in [-0.2, 0) is 24.1 Å². The third kappa shape index (κ3) is 3.44. The second-order valence-electron chi connectivity index (χ2n) is 7.33. The van der Waals surface area contributed by atoms with Crippen LogP contribution >= 0.6 is 11.3 Å². The van der Waals surface area contributed by atoms with E-state index in [9.17, 15) is 9.18 Å². The number of H-pyrrole nitrogens is 1. The van der Waals surface area contributed by atoms with Gasteiger partial charge in [0.05, 0.1) is 23.0 Å². The molecule has 1 amide bonds. The number of hydrogen-bond acceptors (Lipinski definition) is 3. The number of thiophene rings is 1. The summed E-state index contributed by atoms with van der Waals surface area (Å²) < 4.78 is 13.9. The van der Waals surface area contributed by atoms with Crippen LogP contribution in [0.2, 0.25) is 0 Å². The summed E-state index contributed by atoms with van der Waals surface area (Å²) in [5, 5.41) is 3.84. The van der Waals surface area contributed by atoms with Gasteiger partial charge in [0.2, 0.25) is 5.91 Å². The molecule has 2 heterocycles. The van der Waals surface area contributed by atoms with Gasteiger partial charge in [-0.05, 0) is 55.0 Å². The lowest BCUT2D eigenvalue weighted by atomic mass is 9.95. The molecule has 2 aromatic heterocycles. The zero-order chi connectivity index (χ0) is 19.8. The molecule has 4 aromatic rings. The summed E-state index contributed by atoms with van der Waals surface area (Å²) in [6, 6.07) is 14.3. The molecule has 0 atom stereocenters. The van der Waals surface area contributed by atoms with Crippen LogP contribution in [0.3, 0.4) is 0 Å². The highest BCUT2D eigenvalue weighted by atomic mass is 32.1. The van der Waals surface area contributed by atoms with Gasteiger partial charge in [-0.2, -0.15) is 0 Å². The smallest absolute Gasteiger partial charge is 0.229 e. The van der Waals surface area contributed by atoms with Crippen molar-refractivity contribution < 1.29 is 9.18 Å². The Morgan fingerprint density at radius 3 is 2.76 bits per heavy atom. The molecule has 146 valence electrons. The van der Waals surface area contributed by atoms with Gasteiger partial charge in [0.15, 0.2) is 0 Å². The van der Waals surface area contributed by atoms with E-state index in [1.807, 2.05) is 24.3 Å². The van der Waals surface area contributed by atoms with E-state index in [4.69, 9.17) is 4.98 Å². The number of hydrogen-bond donors (Lipinski definition) is 2. The minimum absolute atomic E-state index is 0.00874. The van der Waals surface area contributed by atoms with Crippen LogP contribution in [0, 0.1) is 5.82 Å². The molecule has 4 nitrogen and oxygen atoms in total. The number of benzene rings is 2. The van der Waals surface area contributed by atoms with Crippen molar-refractivity contribution >= 4 is 33.3 Å². The van der Waals surface area contributed by atoms with Crippen molar-refractivity contribution in [3.05, 3.63) is 70.4 Å². The summed E-state index contributed by atoms with van der Waals surface area (Å²) in [7, 11) is 0. The van der Waals surface area contributed by atoms with Crippen molar-refractivity contribution in [3.63, 3.8) is 0 Å². The number of rotatable bonds is 4. The van der Waals surface area contributed by atoms with E-state index in [1.165, 1.54) is 16.5 Å². The van der Waals surface area contributed by atoms with Crippen LogP contribution in [0.5, 0.6) is 0 Å². The van der Waals surface area contributed by atoms with Gasteiger partial charge >= 0.3 is 0 Å². The van der Waals surface area contributed by atoms with Crippen LogP contribution in [0.4, 0.5) is 9.39 Å². The van der Waals surface area contributed by atoms with Crippen molar-refractivity contribution in [2.75, 3.05) is 5.32 Å². The van der Waals surface area contributed by atoms with Gasteiger partial charge in [-0.1, -0.05) is 30.3 Å². The third-order valence-corrected chi connectivity index (χ3v) is 6.57. The quantitative estimate of drug-likeness (QED) is 0.472. The molecule has 0 saturated heterocycles. The molecule has 2 aromatic carbocycles. The Morgan fingerprint density at radius 2 is 1.90 bits per heavy atom. The average Bonchev–Trinajstić information content (AvgIpc) is 3.30. The first-order chi connectivity index (χ1) is 14.2. The number of halogens is 1. The first-order valence-electron chi connectivity index (χ1n) is 9.82. The van der Waals surface area contributed by atoms with Gasteiger partial charge in [0.1, 0.15) is 16.6 Å². The highest BCUT2D eigenvalue weighted by molar-refractivity contribution is 7.17. The number of imidazole rings is 1. The van der Waals surface area contributed by atoms with Crippen LogP contribution in [0.25, 0.3) is 22.4 Å². The van der Waals surface area contributed by atoms with Crippen LogP contribution in [0.1, 0.15) is 28.8 Å². The number of nitrogens with zero attached hydrogens (tertiary/aromatic N) is 1. The fourth-order valence-corrected chi connectivity index (χ4v) is 5.27. The molecule has 5 rings (SSSR count). The third-order valence-electron chi connectivity index (χ3n) is 5.36. The molecule has 2 N–H and O–H groups in total. The Balaban J connectivity index is 1.52. The average molecular weight is 405 g/mol. The fourth-order valence-electron chi connectivity index (χ4n) is 3.96. The van der Waals surface area contributed by atoms with Crippen LogP contribution < -0.4 is 5.32 Å². The van der Waals surface area contributed by atoms with Gasteiger partial charge in [0, 0.05) is 4.88 Å². The number of aromatic amines is 1. The molecule has 1 aliphatic carbocycles. The normalized spacial score (nSPS) is 13.4. The first kappa shape index (κ1) is 18.1. The van der Waals surface area contributed by atoms with Crippen LogP contribution in [-0.4, -0.2) is 15.9 Å². The monoisotopic (exact) mass is 405 g/mol. The molecule has 29 heavy (non-hydrogen) atoms. The predicted molar refractivity (Wildman–Crippen MR) is 115 cm³/mol. The Bertz CT molecular complexity index is 1180. The minimum Gasteiger partial charge on any atom is -0.338 e. The zero-order valence-corrected chi connectivity index (χ0v) is 16.6. The number of aromatic nitrogens is 2. The predicted octanol–water partition coefficient (Wildman–Crippen LogP) is 5.49. The SMILES string of the molecule is O=C(Cc1ccccc1F)Nc1sc2c(c1-c1nc3ccccc3[nH]1)CCCC2. The summed E-state index contributed by atoms with van der Waals surface area (Å²) in [6.45, 7) is 0. The molecule has 1 aliphatic rings. The van der Waals surface area contributed by atoms with E-state index < -0.39 is 0 Å². The van der Waals surface area contributed by atoms with Crippen molar-refractivity contribution in [1.82, 2.24) is 9.97 Å². The van der Waals surface area contributed by atoms with E-state index in [1.54, 1.807) is 29.5 Å². The summed E-state index contributed by atoms with van der Waals surface area (Å²) in [5.74, 6) is 0.212. The number of aryl methyl sites for hydroxylation is 1. The number of anilines is 1. The van der Waals surface area contributed by atoms with Crippen molar-refractivity contribution in [1.29, 1.82) is 0 Å². The maximum atomic E-state index is 13.9. The fraction of sp³-hybridized carbons (Fsp3) is 0.217. The van der Waals surface area contributed by atoms with E-state index in [0.29, 0.717) is 5.56 Å². The first-order valence-corrected chi connectivity index (χ1v) is 10.6. The van der Waals surface area contributed by atoms with Gasteiger partial charge in [-0.25, -0.2) is 9.37 Å². The molecule has 0 spiro atoms. The number of nitrogens with one attached hydrogen (secondary N) is 2. The molecule has 0 fully saturated rings. The maximum Gasteiger partial charge on any atom is 0.229 e. The van der Waals surface area contributed by atoms with Crippen molar-refractivity contribution in [3.8, 4) is 11.4 Å². The van der Waals surface area contributed by atoms with Gasteiger partial charge < -0.3 is 10.3 Å². The second-order valence-corrected chi connectivity index (χ2v) is 8.44. The van der Waals surface area contributed by atoms with Gasteiger partial charge in [-0.15, -0.1) is 11.3 Å². The molecule has 0 saturated carbocycles. The topological polar surface area (TPSA) is 57.8 Å². The van der Waals surface area contributed by atoms with E-state index in [0.717, 1.165) is 53.1 Å². The van der Waals surface area contributed by atoms with E-state index in [2.05, 4.69) is 10.3 Å². The number of amides is 1. The molecular formula is C23H20FN3OS. The molecule has 0 radical (unpaired) electrons. The lowest BCUT2D eigenvalue weighted by Crippen LogP contribution is -2.15. The van der Waals surface area contributed by atoms with Crippen molar-refractivity contribution in [2.45, 2.75) is 32.1 Å². The van der Waals surface area contributed by atoms with Crippen molar-refractivity contribution in [2.24, 2.45) is 0 Å². The molecule has 0 bridgehead atoms. The van der Waals surface area contributed by atoms with Gasteiger partial charge in [0.25, 0.3) is 0 Å². The zero-order valence-electron chi connectivity index (χ0n) is 15.8. The Labute approximate surface area is 171 Å².